The molecule has 0 aliphatic rings. The van der Waals surface area contributed by atoms with Crippen molar-refractivity contribution in [2.45, 2.75) is 32.9 Å². The van der Waals surface area contributed by atoms with E-state index in [0.29, 0.717) is 17.4 Å². The number of carbonyl (C=O) groups excluding carboxylic acids is 1. The van der Waals surface area contributed by atoms with Crippen molar-refractivity contribution in [1.29, 1.82) is 0 Å². The number of hydrogen-bond acceptors (Lipinski definition) is 2. The third-order valence-electron chi connectivity index (χ3n) is 2.56. The maximum atomic E-state index is 13.4. The molecular weight excluding hydrogens is 255 g/mol. The molecule has 3 nitrogen and oxygen atoms in total. The topological polar surface area (TPSA) is 55.1 Å². The number of rotatable bonds is 5. The minimum atomic E-state index is -0.574. The van der Waals surface area contributed by atoms with Crippen molar-refractivity contribution in [2.75, 3.05) is 0 Å². The molecule has 1 amide bonds. The van der Waals surface area contributed by atoms with Crippen LogP contribution in [0.1, 0.15) is 25.8 Å². The molecule has 0 bridgehead atoms. The van der Waals surface area contributed by atoms with Crippen molar-refractivity contribution in [3.63, 3.8) is 0 Å². The third-order valence-corrected chi connectivity index (χ3v) is 2.92. The molecule has 0 fully saturated rings. The molecule has 1 aromatic carbocycles. The summed E-state index contributed by atoms with van der Waals surface area (Å²) in [5.41, 5.74) is 6.00. The molecule has 5 heteroatoms. The molecule has 0 aliphatic heterocycles. The SMILES string of the molecule is CC(C)CC(N)C(=O)NCc1c(F)cccc1Cl. The molecule has 1 aromatic rings. The number of nitrogens with two attached hydrogens (primary N) is 1. The highest BCUT2D eigenvalue weighted by atomic mass is 35.5. The largest absolute Gasteiger partial charge is 0.351 e. The first-order valence-corrected chi connectivity index (χ1v) is 6.25. The quantitative estimate of drug-likeness (QED) is 0.865. The van der Waals surface area contributed by atoms with Crippen LogP contribution in [0.25, 0.3) is 0 Å². The molecule has 0 aliphatic carbocycles. The Morgan fingerprint density at radius 3 is 2.72 bits per heavy atom. The van der Waals surface area contributed by atoms with Crippen LogP contribution in [0.4, 0.5) is 4.39 Å². The normalized spacial score (nSPS) is 12.6. The van der Waals surface area contributed by atoms with Gasteiger partial charge in [0.15, 0.2) is 0 Å². The second kappa shape index (κ2) is 6.71. The van der Waals surface area contributed by atoms with Gasteiger partial charge in [0.25, 0.3) is 0 Å². The molecule has 1 unspecified atom stereocenters. The van der Waals surface area contributed by atoms with Crippen LogP contribution in [0, 0.1) is 11.7 Å². The number of carbonyl (C=O) groups is 1. The van der Waals surface area contributed by atoms with E-state index >= 15 is 0 Å². The average Bonchev–Trinajstić information content (AvgIpc) is 2.27. The Hall–Kier alpha value is -1.13. The second-order valence-corrected chi connectivity index (χ2v) is 5.06. The maximum Gasteiger partial charge on any atom is 0.237 e. The summed E-state index contributed by atoms with van der Waals surface area (Å²) in [5.74, 6) is -0.383. The summed E-state index contributed by atoms with van der Waals surface area (Å²) in [7, 11) is 0. The monoisotopic (exact) mass is 272 g/mol. The summed E-state index contributed by atoms with van der Waals surface area (Å²) in [6, 6.07) is 3.84. The highest BCUT2D eigenvalue weighted by Gasteiger charge is 2.15. The van der Waals surface area contributed by atoms with E-state index in [1.807, 2.05) is 13.8 Å². The number of nitrogens with one attached hydrogen (secondary N) is 1. The zero-order valence-electron chi connectivity index (χ0n) is 10.5. The van der Waals surface area contributed by atoms with Crippen LogP contribution in [0.2, 0.25) is 5.02 Å². The Morgan fingerprint density at radius 1 is 1.50 bits per heavy atom. The lowest BCUT2D eigenvalue weighted by Crippen LogP contribution is -2.41. The van der Waals surface area contributed by atoms with Crippen molar-refractivity contribution in [3.8, 4) is 0 Å². The molecule has 1 atom stereocenters. The lowest BCUT2D eigenvalue weighted by atomic mass is 10.0. The summed E-state index contributed by atoms with van der Waals surface area (Å²) in [6.45, 7) is 4.03. The summed E-state index contributed by atoms with van der Waals surface area (Å²) in [6.07, 6.45) is 0.594. The molecule has 100 valence electrons. The first kappa shape index (κ1) is 14.9. The minimum Gasteiger partial charge on any atom is -0.351 e. The Balaban J connectivity index is 2.57. The van der Waals surface area contributed by atoms with E-state index in [4.69, 9.17) is 17.3 Å². The van der Waals surface area contributed by atoms with E-state index in [0.717, 1.165) is 0 Å². The predicted molar refractivity (Wildman–Crippen MR) is 70.7 cm³/mol. The van der Waals surface area contributed by atoms with Gasteiger partial charge in [-0.05, 0) is 24.5 Å². The molecular formula is C13H18ClFN2O. The smallest absolute Gasteiger partial charge is 0.237 e. The van der Waals surface area contributed by atoms with Crippen molar-refractivity contribution >= 4 is 17.5 Å². The van der Waals surface area contributed by atoms with Crippen LogP contribution in [0.5, 0.6) is 0 Å². The number of halogens is 2. The highest BCUT2D eigenvalue weighted by Crippen LogP contribution is 2.18. The summed E-state index contributed by atoms with van der Waals surface area (Å²) >= 11 is 5.85. The van der Waals surface area contributed by atoms with Crippen LogP contribution >= 0.6 is 11.6 Å². The van der Waals surface area contributed by atoms with Crippen LogP contribution < -0.4 is 11.1 Å². The summed E-state index contributed by atoms with van der Waals surface area (Å²) < 4.78 is 13.4. The van der Waals surface area contributed by atoms with E-state index in [1.165, 1.54) is 12.1 Å². The van der Waals surface area contributed by atoms with Gasteiger partial charge in [-0.15, -0.1) is 0 Å². The van der Waals surface area contributed by atoms with Gasteiger partial charge in [-0.25, -0.2) is 4.39 Å². The van der Waals surface area contributed by atoms with Gasteiger partial charge in [-0.2, -0.15) is 0 Å². The van der Waals surface area contributed by atoms with Crippen LogP contribution in [0.15, 0.2) is 18.2 Å². The zero-order valence-corrected chi connectivity index (χ0v) is 11.3. The van der Waals surface area contributed by atoms with Gasteiger partial charge in [0.05, 0.1) is 6.04 Å². The molecule has 0 radical (unpaired) electrons. The van der Waals surface area contributed by atoms with E-state index in [2.05, 4.69) is 5.32 Å². The Morgan fingerprint density at radius 2 is 2.17 bits per heavy atom. The van der Waals surface area contributed by atoms with E-state index in [9.17, 15) is 9.18 Å². The molecule has 0 heterocycles. The Labute approximate surface area is 112 Å². The van der Waals surface area contributed by atoms with Gasteiger partial charge in [-0.1, -0.05) is 31.5 Å². The van der Waals surface area contributed by atoms with Crippen molar-refractivity contribution in [1.82, 2.24) is 5.32 Å². The Bertz CT molecular complexity index is 403. The van der Waals surface area contributed by atoms with Crippen molar-refractivity contribution in [2.24, 2.45) is 11.7 Å². The lowest BCUT2D eigenvalue weighted by molar-refractivity contribution is -0.122. The van der Waals surface area contributed by atoms with E-state index in [-0.39, 0.29) is 18.0 Å². The summed E-state index contributed by atoms with van der Waals surface area (Å²) in [4.78, 5) is 11.7. The summed E-state index contributed by atoms with van der Waals surface area (Å²) in [5, 5.41) is 2.90. The number of hydrogen-bond donors (Lipinski definition) is 2. The van der Waals surface area contributed by atoms with Gasteiger partial charge in [0.2, 0.25) is 5.91 Å². The van der Waals surface area contributed by atoms with Gasteiger partial charge in [0.1, 0.15) is 5.82 Å². The van der Waals surface area contributed by atoms with Gasteiger partial charge >= 0.3 is 0 Å². The van der Waals surface area contributed by atoms with Crippen LogP contribution in [-0.4, -0.2) is 11.9 Å². The van der Waals surface area contributed by atoms with E-state index < -0.39 is 11.9 Å². The molecule has 1 rings (SSSR count). The third kappa shape index (κ3) is 4.27. The van der Waals surface area contributed by atoms with Crippen LogP contribution in [-0.2, 0) is 11.3 Å². The first-order chi connectivity index (χ1) is 8.41. The molecule has 0 saturated carbocycles. The predicted octanol–water partition coefficient (Wildman–Crippen LogP) is 2.47. The van der Waals surface area contributed by atoms with Crippen LogP contribution in [0.3, 0.4) is 0 Å². The van der Waals surface area contributed by atoms with Gasteiger partial charge in [0, 0.05) is 17.1 Å². The average molecular weight is 273 g/mol. The minimum absolute atomic E-state index is 0.0517. The highest BCUT2D eigenvalue weighted by molar-refractivity contribution is 6.31. The number of benzene rings is 1. The fourth-order valence-corrected chi connectivity index (χ4v) is 1.85. The maximum absolute atomic E-state index is 13.4. The standard InChI is InChI=1S/C13H18ClFN2O/c1-8(2)6-12(16)13(18)17-7-9-10(14)4-3-5-11(9)15/h3-5,8,12H,6-7,16H2,1-2H3,(H,17,18). The second-order valence-electron chi connectivity index (χ2n) is 4.65. The van der Waals surface area contributed by atoms with Gasteiger partial charge < -0.3 is 11.1 Å². The lowest BCUT2D eigenvalue weighted by Gasteiger charge is -2.14. The van der Waals surface area contributed by atoms with Gasteiger partial charge in [-0.3, -0.25) is 4.79 Å². The molecule has 3 N–H and O–H groups in total. The number of amides is 1. The zero-order chi connectivity index (χ0) is 13.7. The Kier molecular flexibility index (Phi) is 5.56. The van der Waals surface area contributed by atoms with Crippen molar-refractivity contribution in [3.05, 3.63) is 34.6 Å². The fourth-order valence-electron chi connectivity index (χ4n) is 1.62. The molecule has 0 aromatic heterocycles. The molecule has 0 saturated heterocycles. The molecule has 18 heavy (non-hydrogen) atoms. The van der Waals surface area contributed by atoms with E-state index in [1.54, 1.807) is 6.07 Å². The van der Waals surface area contributed by atoms with Crippen molar-refractivity contribution < 1.29 is 9.18 Å². The molecule has 0 spiro atoms. The first-order valence-electron chi connectivity index (χ1n) is 5.88. The fraction of sp³-hybridized carbons (Fsp3) is 0.462.